The lowest BCUT2D eigenvalue weighted by Gasteiger charge is -2.36. The maximum absolute atomic E-state index is 11.3. The summed E-state index contributed by atoms with van der Waals surface area (Å²) in [4.78, 5) is 16.9. The van der Waals surface area contributed by atoms with E-state index < -0.39 is 0 Å². The molecule has 86 valence electrons. The van der Waals surface area contributed by atoms with Crippen LogP contribution in [0.4, 0.5) is 0 Å². The highest BCUT2D eigenvalue weighted by atomic mass is 16.7. The van der Waals surface area contributed by atoms with Gasteiger partial charge in [0, 0.05) is 12.5 Å². The van der Waals surface area contributed by atoms with Gasteiger partial charge in [0.1, 0.15) is 0 Å². The Labute approximate surface area is 92.0 Å². The van der Waals surface area contributed by atoms with Gasteiger partial charge >= 0.3 is 0 Å². The first-order valence-corrected chi connectivity index (χ1v) is 5.43. The van der Waals surface area contributed by atoms with E-state index in [-0.39, 0.29) is 17.4 Å². The Hall–Kier alpha value is -0.830. The molecule has 0 saturated carbocycles. The second-order valence-electron chi connectivity index (χ2n) is 5.41. The molecule has 0 aliphatic carbocycles. The van der Waals surface area contributed by atoms with Crippen LogP contribution in [0.25, 0.3) is 0 Å². The minimum absolute atomic E-state index is 0.00704. The van der Waals surface area contributed by atoms with Crippen molar-refractivity contribution in [2.75, 3.05) is 0 Å². The molecule has 0 aromatic carbocycles. The number of Topliss-reactive ketones (excluding diaryl/α,β-unsaturated/α-hetero) is 1. The predicted octanol–water partition coefficient (Wildman–Crippen LogP) is 2.53. The number of ketones is 1. The summed E-state index contributed by atoms with van der Waals surface area (Å²) in [5.74, 6) is 0.900. The Kier molecular flexibility index (Phi) is 3.24. The van der Waals surface area contributed by atoms with Gasteiger partial charge in [0.25, 0.3) is 0 Å². The second kappa shape index (κ2) is 3.97. The van der Waals surface area contributed by atoms with Gasteiger partial charge in [0.05, 0.1) is 6.04 Å². The van der Waals surface area contributed by atoms with Gasteiger partial charge in [-0.2, -0.15) is 0 Å². The van der Waals surface area contributed by atoms with E-state index in [9.17, 15) is 4.79 Å². The predicted molar refractivity (Wildman–Crippen MR) is 60.1 cm³/mol. The van der Waals surface area contributed by atoms with E-state index in [4.69, 9.17) is 4.84 Å². The molecule has 1 rings (SSSR count). The molecule has 0 bridgehead atoms. The zero-order valence-electron chi connectivity index (χ0n) is 10.5. The zero-order valence-corrected chi connectivity index (χ0v) is 10.5. The van der Waals surface area contributed by atoms with Crippen LogP contribution in [0.5, 0.6) is 0 Å². The maximum atomic E-state index is 11.3. The van der Waals surface area contributed by atoms with Crippen LogP contribution in [0, 0.1) is 5.92 Å². The molecule has 0 N–H and O–H groups in total. The normalized spacial score (nSPS) is 22.9. The van der Waals surface area contributed by atoms with E-state index in [1.54, 1.807) is 0 Å². The summed E-state index contributed by atoms with van der Waals surface area (Å²) in [6.45, 7) is 12.0. The van der Waals surface area contributed by atoms with Gasteiger partial charge in [-0.3, -0.25) is 4.79 Å². The van der Waals surface area contributed by atoms with E-state index in [2.05, 4.69) is 34.6 Å². The molecule has 1 aliphatic heterocycles. The molecule has 1 atom stereocenters. The molecule has 0 saturated heterocycles. The summed E-state index contributed by atoms with van der Waals surface area (Å²) < 4.78 is 0. The Morgan fingerprint density at radius 1 is 1.47 bits per heavy atom. The molecule has 0 radical (unpaired) electrons. The lowest BCUT2D eigenvalue weighted by Crippen LogP contribution is -2.46. The molecule has 15 heavy (non-hydrogen) atoms. The number of carbonyl (C=O) groups is 1. The number of hydrogen-bond donors (Lipinski definition) is 0. The third-order valence-corrected chi connectivity index (χ3v) is 2.48. The molecule has 0 spiro atoms. The lowest BCUT2D eigenvalue weighted by molar-refractivity contribution is -0.186. The van der Waals surface area contributed by atoms with E-state index in [0.29, 0.717) is 11.7 Å². The SMILES string of the molecule is CC(=O)C1=CC(C(C)C)N(C(C)(C)C)O1. The average molecular weight is 211 g/mol. The van der Waals surface area contributed by atoms with E-state index in [1.807, 2.05) is 11.1 Å². The topological polar surface area (TPSA) is 29.5 Å². The molecular weight excluding hydrogens is 190 g/mol. The van der Waals surface area contributed by atoms with Gasteiger partial charge in [-0.25, -0.2) is 0 Å². The standard InChI is InChI=1S/C12H21NO2/c1-8(2)10-7-11(9(3)14)15-13(10)12(4,5)6/h7-8,10H,1-6H3. The second-order valence-corrected chi connectivity index (χ2v) is 5.41. The highest BCUT2D eigenvalue weighted by Crippen LogP contribution is 2.31. The lowest BCUT2D eigenvalue weighted by atomic mass is 9.99. The first-order chi connectivity index (χ1) is 6.73. The van der Waals surface area contributed by atoms with Crippen LogP contribution in [0.3, 0.4) is 0 Å². The number of carbonyl (C=O) groups excluding carboxylic acids is 1. The Morgan fingerprint density at radius 2 is 2.00 bits per heavy atom. The van der Waals surface area contributed by atoms with Gasteiger partial charge in [0.15, 0.2) is 11.5 Å². The van der Waals surface area contributed by atoms with Crippen molar-refractivity contribution in [1.82, 2.24) is 5.06 Å². The van der Waals surface area contributed by atoms with Crippen molar-refractivity contribution in [3.63, 3.8) is 0 Å². The third kappa shape index (κ3) is 2.59. The summed E-state index contributed by atoms with van der Waals surface area (Å²) in [6.07, 6.45) is 1.93. The van der Waals surface area contributed by atoms with E-state index in [1.165, 1.54) is 6.92 Å². The van der Waals surface area contributed by atoms with Crippen LogP contribution in [0.1, 0.15) is 41.5 Å². The van der Waals surface area contributed by atoms with Crippen LogP contribution in [-0.2, 0) is 9.63 Å². The summed E-state index contributed by atoms with van der Waals surface area (Å²) in [7, 11) is 0. The van der Waals surface area contributed by atoms with Crippen molar-refractivity contribution >= 4 is 5.78 Å². The number of rotatable bonds is 2. The first-order valence-electron chi connectivity index (χ1n) is 5.43. The molecular formula is C12H21NO2. The number of hydrogen-bond acceptors (Lipinski definition) is 3. The summed E-state index contributed by atoms with van der Waals surface area (Å²) in [5, 5.41) is 1.91. The van der Waals surface area contributed by atoms with Crippen molar-refractivity contribution in [2.24, 2.45) is 5.92 Å². The van der Waals surface area contributed by atoms with Gasteiger partial charge in [-0.1, -0.05) is 13.8 Å². The fourth-order valence-electron chi connectivity index (χ4n) is 1.65. The number of allylic oxidation sites excluding steroid dienone is 1. The van der Waals surface area contributed by atoms with Crippen LogP contribution >= 0.6 is 0 Å². The molecule has 0 aromatic rings. The van der Waals surface area contributed by atoms with Gasteiger partial charge in [0.2, 0.25) is 0 Å². The molecule has 3 nitrogen and oxygen atoms in total. The van der Waals surface area contributed by atoms with Gasteiger partial charge in [-0.05, 0) is 32.8 Å². The first kappa shape index (κ1) is 12.2. The van der Waals surface area contributed by atoms with E-state index in [0.717, 1.165) is 0 Å². The number of nitrogens with zero attached hydrogens (tertiary/aromatic N) is 1. The van der Waals surface area contributed by atoms with Gasteiger partial charge < -0.3 is 4.84 Å². The Morgan fingerprint density at radius 3 is 2.27 bits per heavy atom. The van der Waals surface area contributed by atoms with E-state index >= 15 is 0 Å². The quantitative estimate of drug-likeness (QED) is 0.703. The largest absolute Gasteiger partial charge is 0.401 e. The molecule has 0 amide bonds. The third-order valence-electron chi connectivity index (χ3n) is 2.48. The maximum Gasteiger partial charge on any atom is 0.196 e. The fourth-order valence-corrected chi connectivity index (χ4v) is 1.65. The summed E-state index contributed by atoms with van der Waals surface area (Å²) in [6, 6.07) is 0.184. The Bertz CT molecular complexity index is 286. The zero-order chi connectivity index (χ0) is 11.8. The highest BCUT2D eigenvalue weighted by Gasteiger charge is 2.38. The van der Waals surface area contributed by atoms with Crippen molar-refractivity contribution in [2.45, 2.75) is 53.1 Å². The molecule has 1 heterocycles. The minimum atomic E-state index is -0.0946. The van der Waals surface area contributed by atoms with Crippen LogP contribution in [0.2, 0.25) is 0 Å². The average Bonchev–Trinajstić information content (AvgIpc) is 2.45. The van der Waals surface area contributed by atoms with Crippen LogP contribution < -0.4 is 0 Å². The molecule has 1 aliphatic rings. The van der Waals surface area contributed by atoms with Crippen molar-refractivity contribution in [1.29, 1.82) is 0 Å². The molecule has 3 heteroatoms. The van der Waals surface area contributed by atoms with Crippen molar-refractivity contribution in [3.8, 4) is 0 Å². The molecule has 0 aromatic heterocycles. The summed E-state index contributed by atoms with van der Waals surface area (Å²) >= 11 is 0. The smallest absolute Gasteiger partial charge is 0.196 e. The molecule has 0 fully saturated rings. The van der Waals surface area contributed by atoms with Crippen molar-refractivity contribution in [3.05, 3.63) is 11.8 Å². The van der Waals surface area contributed by atoms with Crippen LogP contribution in [-0.4, -0.2) is 22.4 Å². The monoisotopic (exact) mass is 211 g/mol. The fraction of sp³-hybridized carbons (Fsp3) is 0.750. The Balaban J connectivity index is 2.92. The molecule has 1 unspecified atom stereocenters. The van der Waals surface area contributed by atoms with Crippen LogP contribution in [0.15, 0.2) is 11.8 Å². The van der Waals surface area contributed by atoms with Gasteiger partial charge in [-0.15, -0.1) is 5.06 Å². The van der Waals surface area contributed by atoms with Crippen molar-refractivity contribution < 1.29 is 9.63 Å². The minimum Gasteiger partial charge on any atom is -0.401 e. The highest BCUT2D eigenvalue weighted by molar-refractivity contribution is 5.91. The summed E-state index contributed by atoms with van der Waals surface area (Å²) in [5.41, 5.74) is -0.0946. The number of hydroxylamine groups is 2.